The number of fused-ring (bicyclic) bond motifs is 1. The van der Waals surface area contributed by atoms with Gasteiger partial charge in [-0.3, -0.25) is 9.69 Å². The molecule has 1 fully saturated rings. The highest BCUT2D eigenvalue weighted by molar-refractivity contribution is 5.87. The molecular formula is C16H19NO3. The molecule has 20 heavy (non-hydrogen) atoms. The fourth-order valence-electron chi connectivity index (χ4n) is 2.86. The lowest BCUT2D eigenvalue weighted by Gasteiger charge is -2.30. The second-order valence-electron chi connectivity index (χ2n) is 5.55. The van der Waals surface area contributed by atoms with Gasteiger partial charge in [-0.05, 0) is 37.6 Å². The molecule has 2 aliphatic rings. The minimum absolute atomic E-state index is 0.00548. The number of carbonyl (C=O) groups excluding carboxylic acids is 1. The number of benzene rings is 1. The molecule has 0 N–H and O–H groups in total. The number of likely N-dealkylation sites (N-methyl/N-ethyl adjacent to an activating group) is 1. The predicted octanol–water partition coefficient (Wildman–Crippen LogP) is 2.52. The Labute approximate surface area is 119 Å². The van der Waals surface area contributed by atoms with E-state index in [-0.39, 0.29) is 18.6 Å². The summed E-state index contributed by atoms with van der Waals surface area (Å²) in [5.74, 6) is 1.87. The predicted molar refractivity (Wildman–Crippen MR) is 75.8 cm³/mol. The maximum Gasteiger partial charge on any atom is 0.231 e. The summed E-state index contributed by atoms with van der Waals surface area (Å²) in [5, 5.41) is 0. The Morgan fingerprint density at radius 3 is 2.95 bits per heavy atom. The minimum Gasteiger partial charge on any atom is -0.454 e. The average Bonchev–Trinajstić information content (AvgIpc) is 2.85. The van der Waals surface area contributed by atoms with Gasteiger partial charge in [-0.2, -0.15) is 0 Å². The van der Waals surface area contributed by atoms with E-state index in [0.717, 1.165) is 42.0 Å². The number of allylic oxidation sites excluding steroid dienone is 1. The van der Waals surface area contributed by atoms with Crippen molar-refractivity contribution in [2.45, 2.75) is 31.8 Å². The summed E-state index contributed by atoms with van der Waals surface area (Å²) in [6.45, 7) is 4.94. The largest absolute Gasteiger partial charge is 0.454 e. The Hall–Kier alpha value is -1.81. The molecule has 0 amide bonds. The van der Waals surface area contributed by atoms with E-state index >= 15 is 0 Å². The number of Topliss-reactive ketones (excluding diaryl/α,β-unsaturated/α-hetero) is 1. The molecule has 0 bridgehead atoms. The zero-order valence-electron chi connectivity index (χ0n) is 11.7. The van der Waals surface area contributed by atoms with Gasteiger partial charge >= 0.3 is 0 Å². The van der Waals surface area contributed by atoms with E-state index in [0.29, 0.717) is 6.42 Å². The maximum absolute atomic E-state index is 12.1. The zero-order valence-corrected chi connectivity index (χ0v) is 11.7. The van der Waals surface area contributed by atoms with Gasteiger partial charge in [-0.15, -0.1) is 0 Å². The van der Waals surface area contributed by atoms with Crippen LogP contribution < -0.4 is 9.47 Å². The molecule has 4 heteroatoms. The van der Waals surface area contributed by atoms with Crippen molar-refractivity contribution >= 4 is 5.78 Å². The number of hydrogen-bond acceptors (Lipinski definition) is 4. The second-order valence-corrected chi connectivity index (χ2v) is 5.55. The van der Waals surface area contributed by atoms with Crippen LogP contribution in [0.4, 0.5) is 0 Å². The molecule has 1 saturated carbocycles. The van der Waals surface area contributed by atoms with Crippen LogP contribution in [0, 0.1) is 0 Å². The zero-order chi connectivity index (χ0) is 14.1. The van der Waals surface area contributed by atoms with Crippen LogP contribution in [-0.4, -0.2) is 30.6 Å². The molecule has 1 aliphatic heterocycles. The van der Waals surface area contributed by atoms with Gasteiger partial charge < -0.3 is 9.47 Å². The molecule has 4 nitrogen and oxygen atoms in total. The fourth-order valence-corrected chi connectivity index (χ4v) is 2.86. The molecule has 1 atom stereocenters. The molecule has 0 saturated heterocycles. The van der Waals surface area contributed by atoms with Crippen LogP contribution in [0.1, 0.15) is 24.8 Å². The third-order valence-electron chi connectivity index (χ3n) is 3.97. The number of nitrogens with zero attached hydrogens (tertiary/aromatic N) is 1. The van der Waals surface area contributed by atoms with Crippen molar-refractivity contribution in [2.24, 2.45) is 0 Å². The Morgan fingerprint density at radius 1 is 1.35 bits per heavy atom. The monoisotopic (exact) mass is 273 g/mol. The highest BCUT2D eigenvalue weighted by Gasteiger charge is 2.27. The molecule has 1 heterocycles. The fraction of sp³-hybridized carbons (Fsp3) is 0.438. The van der Waals surface area contributed by atoms with Crippen molar-refractivity contribution in [1.29, 1.82) is 0 Å². The highest BCUT2D eigenvalue weighted by Crippen LogP contribution is 2.33. The first-order chi connectivity index (χ1) is 9.63. The Kier molecular flexibility index (Phi) is 3.49. The summed E-state index contributed by atoms with van der Waals surface area (Å²) in [4.78, 5) is 14.2. The molecular weight excluding hydrogens is 254 g/mol. The quantitative estimate of drug-likeness (QED) is 0.793. The molecule has 1 aliphatic carbocycles. The van der Waals surface area contributed by atoms with Crippen LogP contribution in [0.3, 0.4) is 0 Å². The third-order valence-corrected chi connectivity index (χ3v) is 3.97. The summed E-state index contributed by atoms with van der Waals surface area (Å²) >= 11 is 0. The highest BCUT2D eigenvalue weighted by atomic mass is 16.7. The lowest BCUT2D eigenvalue weighted by atomic mass is 9.89. The Balaban J connectivity index is 1.68. The van der Waals surface area contributed by atoms with Crippen molar-refractivity contribution in [3.63, 3.8) is 0 Å². The van der Waals surface area contributed by atoms with E-state index < -0.39 is 0 Å². The van der Waals surface area contributed by atoms with E-state index in [4.69, 9.17) is 9.47 Å². The third kappa shape index (κ3) is 2.56. The number of ether oxygens (including phenoxy) is 2. The van der Waals surface area contributed by atoms with Crippen LogP contribution in [0.15, 0.2) is 30.4 Å². The maximum atomic E-state index is 12.1. The number of ketones is 1. The van der Waals surface area contributed by atoms with Crippen molar-refractivity contribution < 1.29 is 14.3 Å². The lowest BCUT2D eigenvalue weighted by molar-refractivity contribution is -0.124. The van der Waals surface area contributed by atoms with Gasteiger partial charge in [-0.25, -0.2) is 0 Å². The SMILES string of the molecule is C=C1CCC(N(C)Cc2ccc3c(c2)OCO3)C(=O)C1. The molecule has 0 spiro atoms. The van der Waals surface area contributed by atoms with Gasteiger partial charge in [0.25, 0.3) is 0 Å². The smallest absolute Gasteiger partial charge is 0.231 e. The Morgan fingerprint density at radius 2 is 2.15 bits per heavy atom. The van der Waals surface area contributed by atoms with Gasteiger partial charge in [0.2, 0.25) is 6.79 Å². The molecule has 3 rings (SSSR count). The molecule has 0 aromatic heterocycles. The molecule has 1 aromatic carbocycles. The van der Waals surface area contributed by atoms with E-state index in [9.17, 15) is 4.79 Å². The van der Waals surface area contributed by atoms with Crippen LogP contribution in [0.25, 0.3) is 0 Å². The first-order valence-corrected chi connectivity index (χ1v) is 6.91. The van der Waals surface area contributed by atoms with Gasteiger partial charge in [0.05, 0.1) is 6.04 Å². The first-order valence-electron chi connectivity index (χ1n) is 6.91. The summed E-state index contributed by atoms with van der Waals surface area (Å²) in [6, 6.07) is 5.95. The van der Waals surface area contributed by atoms with Gasteiger partial charge in [0.15, 0.2) is 17.3 Å². The second kappa shape index (κ2) is 5.29. The van der Waals surface area contributed by atoms with E-state index in [1.807, 2.05) is 25.2 Å². The first kappa shape index (κ1) is 13.2. The molecule has 1 unspecified atom stereocenters. The minimum atomic E-state index is 0.00548. The molecule has 106 valence electrons. The lowest BCUT2D eigenvalue weighted by Crippen LogP contribution is -2.40. The number of rotatable bonds is 3. The van der Waals surface area contributed by atoms with Crippen molar-refractivity contribution in [1.82, 2.24) is 4.90 Å². The van der Waals surface area contributed by atoms with E-state index in [1.54, 1.807) is 0 Å². The van der Waals surface area contributed by atoms with Crippen LogP contribution >= 0.6 is 0 Å². The van der Waals surface area contributed by atoms with Gasteiger partial charge in [0.1, 0.15) is 0 Å². The number of hydrogen-bond donors (Lipinski definition) is 0. The Bertz CT molecular complexity index is 553. The summed E-state index contributed by atoms with van der Waals surface area (Å²) in [5.41, 5.74) is 2.19. The van der Waals surface area contributed by atoms with E-state index in [2.05, 4.69) is 11.5 Å². The average molecular weight is 273 g/mol. The topological polar surface area (TPSA) is 38.8 Å². The summed E-state index contributed by atoms with van der Waals surface area (Å²) in [6.07, 6.45) is 2.34. The van der Waals surface area contributed by atoms with Crippen LogP contribution in [0.2, 0.25) is 0 Å². The summed E-state index contributed by atoms with van der Waals surface area (Å²) < 4.78 is 10.7. The van der Waals surface area contributed by atoms with Gasteiger partial charge in [0, 0.05) is 13.0 Å². The van der Waals surface area contributed by atoms with Gasteiger partial charge in [-0.1, -0.05) is 18.2 Å². The summed E-state index contributed by atoms with van der Waals surface area (Å²) in [7, 11) is 2.00. The standard InChI is InChI=1S/C16H19NO3/c1-11-3-5-13(14(18)7-11)17(2)9-12-4-6-15-16(8-12)20-10-19-15/h4,6,8,13H,1,3,5,7,9-10H2,2H3. The molecule has 1 aromatic rings. The van der Waals surface area contributed by atoms with Crippen LogP contribution in [-0.2, 0) is 11.3 Å². The van der Waals surface area contributed by atoms with Crippen molar-refractivity contribution in [3.05, 3.63) is 35.9 Å². The van der Waals surface area contributed by atoms with Crippen molar-refractivity contribution in [3.8, 4) is 11.5 Å². The normalized spacial score (nSPS) is 21.6. The van der Waals surface area contributed by atoms with E-state index in [1.165, 1.54) is 0 Å². The molecule has 0 radical (unpaired) electrons. The van der Waals surface area contributed by atoms with Crippen molar-refractivity contribution in [2.75, 3.05) is 13.8 Å². The number of carbonyl (C=O) groups is 1. The van der Waals surface area contributed by atoms with Crippen LogP contribution in [0.5, 0.6) is 11.5 Å².